The van der Waals surface area contributed by atoms with Crippen LogP contribution < -0.4 is 10.6 Å². The lowest BCUT2D eigenvalue weighted by molar-refractivity contribution is 0.583. The molecule has 0 unspecified atom stereocenters. The quantitative estimate of drug-likeness (QED) is 0.408. The lowest BCUT2D eigenvalue weighted by Crippen LogP contribution is -2.37. The number of nitrogens with zero attached hydrogens (tertiary/aromatic N) is 3. The van der Waals surface area contributed by atoms with E-state index in [4.69, 9.17) is 0 Å². The SMILES string of the molecule is CCCCCNC(=NCCCn1cccn1)NCC. The second-order valence-electron chi connectivity index (χ2n) is 4.52. The van der Waals surface area contributed by atoms with Gasteiger partial charge in [0.05, 0.1) is 0 Å². The first-order valence-corrected chi connectivity index (χ1v) is 7.36. The Morgan fingerprint density at radius 1 is 1.21 bits per heavy atom. The Hall–Kier alpha value is -1.52. The van der Waals surface area contributed by atoms with Gasteiger partial charge in [-0.2, -0.15) is 5.10 Å². The normalized spacial score (nSPS) is 11.6. The zero-order chi connectivity index (χ0) is 13.8. The van der Waals surface area contributed by atoms with Crippen molar-refractivity contribution in [2.45, 2.75) is 46.1 Å². The highest BCUT2D eigenvalue weighted by Gasteiger charge is 1.96. The summed E-state index contributed by atoms with van der Waals surface area (Å²) in [6.45, 7) is 7.95. The van der Waals surface area contributed by atoms with Gasteiger partial charge < -0.3 is 10.6 Å². The van der Waals surface area contributed by atoms with Gasteiger partial charge in [0.1, 0.15) is 0 Å². The van der Waals surface area contributed by atoms with E-state index in [0.29, 0.717) is 0 Å². The van der Waals surface area contributed by atoms with E-state index in [1.165, 1.54) is 19.3 Å². The Morgan fingerprint density at radius 2 is 2.11 bits per heavy atom. The number of guanidine groups is 1. The van der Waals surface area contributed by atoms with E-state index in [-0.39, 0.29) is 0 Å². The minimum atomic E-state index is 0.822. The summed E-state index contributed by atoms with van der Waals surface area (Å²) >= 11 is 0. The molecule has 0 aliphatic carbocycles. The topological polar surface area (TPSA) is 54.2 Å². The first-order valence-electron chi connectivity index (χ1n) is 7.36. The molecule has 0 aliphatic rings. The Labute approximate surface area is 116 Å². The van der Waals surface area contributed by atoms with Crippen molar-refractivity contribution in [3.05, 3.63) is 18.5 Å². The van der Waals surface area contributed by atoms with Gasteiger partial charge >= 0.3 is 0 Å². The molecular formula is C14H27N5. The summed E-state index contributed by atoms with van der Waals surface area (Å²) < 4.78 is 1.94. The number of hydrogen-bond acceptors (Lipinski definition) is 2. The standard InChI is InChI=1S/C14H27N5/c1-3-5-6-9-16-14(15-4-2)17-10-7-12-19-13-8-11-18-19/h8,11,13H,3-7,9-10,12H2,1-2H3,(H2,15,16,17). The third-order valence-electron chi connectivity index (χ3n) is 2.79. The van der Waals surface area contributed by atoms with Crippen molar-refractivity contribution in [2.24, 2.45) is 4.99 Å². The molecular weight excluding hydrogens is 238 g/mol. The molecule has 0 atom stereocenters. The minimum absolute atomic E-state index is 0.822. The number of unbranched alkanes of at least 4 members (excludes halogenated alkanes) is 2. The summed E-state index contributed by atoms with van der Waals surface area (Å²) in [7, 11) is 0. The zero-order valence-electron chi connectivity index (χ0n) is 12.2. The summed E-state index contributed by atoms with van der Waals surface area (Å²) in [5, 5.41) is 10.8. The molecule has 2 N–H and O–H groups in total. The summed E-state index contributed by atoms with van der Waals surface area (Å²) in [6, 6.07) is 1.95. The van der Waals surface area contributed by atoms with Gasteiger partial charge in [-0.1, -0.05) is 19.8 Å². The molecule has 0 bridgehead atoms. The Balaban J connectivity index is 2.19. The molecule has 0 saturated heterocycles. The number of aromatic nitrogens is 2. The van der Waals surface area contributed by atoms with Crippen molar-refractivity contribution in [3.63, 3.8) is 0 Å². The number of hydrogen-bond donors (Lipinski definition) is 2. The van der Waals surface area contributed by atoms with Gasteiger partial charge in [0.25, 0.3) is 0 Å². The van der Waals surface area contributed by atoms with E-state index < -0.39 is 0 Å². The molecule has 0 fully saturated rings. The number of aryl methyl sites for hydroxylation is 1. The van der Waals surface area contributed by atoms with E-state index in [2.05, 4.69) is 34.6 Å². The third kappa shape index (κ3) is 7.49. The van der Waals surface area contributed by atoms with Gasteiger partial charge in [0.15, 0.2) is 5.96 Å². The van der Waals surface area contributed by atoms with Gasteiger partial charge in [-0.15, -0.1) is 0 Å². The smallest absolute Gasteiger partial charge is 0.191 e. The molecule has 19 heavy (non-hydrogen) atoms. The summed E-state index contributed by atoms with van der Waals surface area (Å²) in [5.41, 5.74) is 0. The number of rotatable bonds is 9. The molecule has 5 nitrogen and oxygen atoms in total. The average Bonchev–Trinajstić information content (AvgIpc) is 2.92. The highest BCUT2D eigenvalue weighted by Crippen LogP contribution is 1.92. The largest absolute Gasteiger partial charge is 0.357 e. The summed E-state index contributed by atoms with van der Waals surface area (Å²) in [5.74, 6) is 0.930. The molecule has 1 aromatic heterocycles. The molecule has 0 spiro atoms. The molecule has 5 heteroatoms. The molecule has 1 aromatic rings. The molecule has 0 radical (unpaired) electrons. The van der Waals surface area contributed by atoms with Crippen LogP contribution in [0.4, 0.5) is 0 Å². The predicted octanol–water partition coefficient (Wildman–Crippen LogP) is 2.02. The maximum Gasteiger partial charge on any atom is 0.191 e. The van der Waals surface area contributed by atoms with Crippen molar-refractivity contribution < 1.29 is 0 Å². The van der Waals surface area contributed by atoms with Crippen LogP contribution in [-0.4, -0.2) is 35.4 Å². The Morgan fingerprint density at radius 3 is 2.79 bits per heavy atom. The molecule has 108 valence electrons. The molecule has 1 heterocycles. The molecule has 0 aliphatic heterocycles. The lowest BCUT2D eigenvalue weighted by Gasteiger charge is -2.10. The van der Waals surface area contributed by atoms with E-state index >= 15 is 0 Å². The van der Waals surface area contributed by atoms with Crippen molar-refractivity contribution in [3.8, 4) is 0 Å². The first-order chi connectivity index (χ1) is 9.36. The van der Waals surface area contributed by atoms with E-state index in [1.54, 1.807) is 0 Å². The van der Waals surface area contributed by atoms with Crippen molar-refractivity contribution >= 4 is 5.96 Å². The van der Waals surface area contributed by atoms with Crippen LogP contribution >= 0.6 is 0 Å². The van der Waals surface area contributed by atoms with E-state index in [9.17, 15) is 0 Å². The van der Waals surface area contributed by atoms with Crippen LogP contribution in [0.5, 0.6) is 0 Å². The lowest BCUT2D eigenvalue weighted by atomic mass is 10.2. The van der Waals surface area contributed by atoms with E-state index in [0.717, 1.165) is 38.6 Å². The second-order valence-corrected chi connectivity index (χ2v) is 4.52. The average molecular weight is 265 g/mol. The second kappa shape index (κ2) is 10.4. The highest BCUT2D eigenvalue weighted by molar-refractivity contribution is 5.79. The summed E-state index contributed by atoms with van der Waals surface area (Å²) in [6.07, 6.45) is 8.52. The fraction of sp³-hybridized carbons (Fsp3) is 0.714. The maximum absolute atomic E-state index is 4.56. The van der Waals surface area contributed by atoms with Crippen molar-refractivity contribution in [1.82, 2.24) is 20.4 Å². The zero-order valence-corrected chi connectivity index (χ0v) is 12.2. The Kier molecular flexibility index (Phi) is 8.51. The molecule has 0 saturated carbocycles. The van der Waals surface area contributed by atoms with Gasteiger partial charge in [0, 0.05) is 38.6 Å². The third-order valence-corrected chi connectivity index (χ3v) is 2.79. The van der Waals surface area contributed by atoms with Crippen LogP contribution in [0.3, 0.4) is 0 Å². The van der Waals surface area contributed by atoms with Crippen LogP contribution in [0, 0.1) is 0 Å². The van der Waals surface area contributed by atoms with Crippen LogP contribution in [0.15, 0.2) is 23.5 Å². The molecule has 0 aromatic carbocycles. The molecule has 1 rings (SSSR count). The number of aliphatic imine (C=N–C) groups is 1. The monoisotopic (exact) mass is 265 g/mol. The Bertz CT molecular complexity index is 332. The maximum atomic E-state index is 4.56. The minimum Gasteiger partial charge on any atom is -0.357 e. The molecule has 0 amide bonds. The number of nitrogens with one attached hydrogen (secondary N) is 2. The van der Waals surface area contributed by atoms with Crippen molar-refractivity contribution in [2.75, 3.05) is 19.6 Å². The van der Waals surface area contributed by atoms with Gasteiger partial charge in [-0.3, -0.25) is 9.67 Å². The predicted molar refractivity (Wildman–Crippen MR) is 80.4 cm³/mol. The van der Waals surface area contributed by atoms with Gasteiger partial charge in [-0.25, -0.2) is 0 Å². The van der Waals surface area contributed by atoms with Crippen LogP contribution in [0.2, 0.25) is 0 Å². The first kappa shape index (κ1) is 15.5. The van der Waals surface area contributed by atoms with E-state index in [1.807, 2.05) is 23.1 Å². The van der Waals surface area contributed by atoms with Crippen LogP contribution in [-0.2, 0) is 6.54 Å². The fourth-order valence-corrected chi connectivity index (χ4v) is 1.78. The van der Waals surface area contributed by atoms with Crippen LogP contribution in [0.25, 0.3) is 0 Å². The highest BCUT2D eigenvalue weighted by atomic mass is 15.3. The van der Waals surface area contributed by atoms with Gasteiger partial charge in [-0.05, 0) is 25.8 Å². The fourth-order valence-electron chi connectivity index (χ4n) is 1.78. The van der Waals surface area contributed by atoms with Crippen molar-refractivity contribution in [1.29, 1.82) is 0 Å². The van der Waals surface area contributed by atoms with Crippen LogP contribution in [0.1, 0.15) is 39.5 Å². The van der Waals surface area contributed by atoms with Gasteiger partial charge in [0.2, 0.25) is 0 Å². The summed E-state index contributed by atoms with van der Waals surface area (Å²) in [4.78, 5) is 4.56.